The highest BCUT2D eigenvalue weighted by atomic mass is 35.5. The Balaban J connectivity index is 0.00000144. The van der Waals surface area contributed by atoms with Gasteiger partial charge >= 0.3 is 0 Å². The van der Waals surface area contributed by atoms with Gasteiger partial charge in [0.2, 0.25) is 0 Å². The lowest BCUT2D eigenvalue weighted by molar-refractivity contribution is 0.325. The van der Waals surface area contributed by atoms with Crippen LogP contribution in [0.1, 0.15) is 31.4 Å². The number of halogens is 2. The molecule has 18 heavy (non-hydrogen) atoms. The molecule has 1 fully saturated rings. The fourth-order valence-corrected chi connectivity index (χ4v) is 2.05. The zero-order valence-corrected chi connectivity index (χ0v) is 12.0. The molecule has 1 aliphatic rings. The highest BCUT2D eigenvalue weighted by Crippen LogP contribution is 2.31. The monoisotopic (exact) mass is 294 g/mol. The van der Waals surface area contributed by atoms with E-state index in [2.05, 4.69) is 15.5 Å². The quantitative estimate of drug-likeness (QED) is 0.889. The van der Waals surface area contributed by atoms with Crippen LogP contribution in [0.25, 0.3) is 0 Å². The lowest BCUT2D eigenvalue weighted by Crippen LogP contribution is -2.27. The number of nitrogens with two attached hydrogens (primary N) is 1. The van der Waals surface area contributed by atoms with Crippen LogP contribution in [0.2, 0.25) is 0 Å². The van der Waals surface area contributed by atoms with Crippen molar-refractivity contribution >= 4 is 30.6 Å². The minimum absolute atomic E-state index is 0. The highest BCUT2D eigenvalue weighted by molar-refractivity contribution is 5.85. The number of nitrogen functional groups attached to an aromatic ring is 1. The van der Waals surface area contributed by atoms with E-state index in [4.69, 9.17) is 10.5 Å². The summed E-state index contributed by atoms with van der Waals surface area (Å²) < 4.78 is 5.57. The Morgan fingerprint density at radius 3 is 2.61 bits per heavy atom. The zero-order chi connectivity index (χ0) is 11.4. The molecule has 0 bridgehead atoms. The van der Waals surface area contributed by atoms with E-state index in [0.29, 0.717) is 18.3 Å². The molecule has 1 aromatic heterocycles. The first-order valence-corrected chi connectivity index (χ1v) is 5.78. The van der Waals surface area contributed by atoms with Crippen molar-refractivity contribution in [2.24, 2.45) is 0 Å². The summed E-state index contributed by atoms with van der Waals surface area (Å²) in [6, 6.07) is 1.77. The summed E-state index contributed by atoms with van der Waals surface area (Å²) in [5.74, 6) is 1.65. The van der Waals surface area contributed by atoms with Gasteiger partial charge in [0.1, 0.15) is 17.3 Å². The Kier molecular flexibility index (Phi) is 7.98. The predicted octanol–water partition coefficient (Wildman–Crippen LogP) is 1.77. The van der Waals surface area contributed by atoms with Gasteiger partial charge in [-0.1, -0.05) is 0 Å². The zero-order valence-electron chi connectivity index (χ0n) is 10.4. The van der Waals surface area contributed by atoms with Gasteiger partial charge in [0, 0.05) is 12.0 Å². The van der Waals surface area contributed by atoms with Crippen LogP contribution in [0.4, 0.5) is 5.82 Å². The second-order valence-electron chi connectivity index (χ2n) is 3.98. The van der Waals surface area contributed by atoms with Gasteiger partial charge < -0.3 is 15.8 Å². The maximum absolute atomic E-state index is 5.62. The van der Waals surface area contributed by atoms with E-state index in [1.54, 1.807) is 6.07 Å². The molecule has 0 atom stereocenters. The number of hydrogen-bond donors (Lipinski definition) is 2. The summed E-state index contributed by atoms with van der Waals surface area (Å²) in [4.78, 5) is 0. The molecule has 1 aliphatic heterocycles. The van der Waals surface area contributed by atoms with Gasteiger partial charge in [-0.05, 0) is 32.9 Å². The molecule has 7 heteroatoms. The number of nitrogens with one attached hydrogen (secondary N) is 1. The van der Waals surface area contributed by atoms with Crippen LogP contribution in [0.3, 0.4) is 0 Å². The van der Waals surface area contributed by atoms with Crippen molar-refractivity contribution in [2.75, 3.05) is 25.4 Å². The number of rotatable bonds is 3. The second-order valence-corrected chi connectivity index (χ2v) is 3.98. The molecule has 1 saturated heterocycles. The van der Waals surface area contributed by atoms with Gasteiger partial charge in [0.05, 0.1) is 6.61 Å². The largest absolute Gasteiger partial charge is 0.492 e. The molecule has 104 valence electrons. The average Bonchev–Trinajstić information content (AvgIpc) is 2.31. The summed E-state index contributed by atoms with van der Waals surface area (Å²) >= 11 is 0. The summed E-state index contributed by atoms with van der Waals surface area (Å²) in [6.45, 7) is 4.65. The van der Waals surface area contributed by atoms with Crippen LogP contribution in [0.15, 0.2) is 6.07 Å². The third-order valence-corrected chi connectivity index (χ3v) is 2.83. The Hall–Kier alpha value is -0.780. The normalized spacial score (nSPS) is 15.4. The molecule has 2 rings (SSSR count). The highest BCUT2D eigenvalue weighted by Gasteiger charge is 2.21. The van der Waals surface area contributed by atoms with Crippen molar-refractivity contribution in [1.29, 1.82) is 0 Å². The molecule has 0 radical (unpaired) electrons. The first-order valence-electron chi connectivity index (χ1n) is 5.78. The van der Waals surface area contributed by atoms with Crippen LogP contribution in [0, 0.1) is 0 Å². The summed E-state index contributed by atoms with van der Waals surface area (Å²) in [5.41, 5.74) is 6.58. The van der Waals surface area contributed by atoms with Crippen molar-refractivity contribution < 1.29 is 4.74 Å². The van der Waals surface area contributed by atoms with E-state index < -0.39 is 0 Å². The molecule has 3 N–H and O–H groups in total. The topological polar surface area (TPSA) is 73.1 Å². The van der Waals surface area contributed by atoms with Crippen LogP contribution in [0.5, 0.6) is 5.75 Å². The molecule has 0 amide bonds. The predicted molar refractivity (Wildman–Crippen MR) is 77.0 cm³/mol. The number of nitrogens with zero attached hydrogens (tertiary/aromatic N) is 2. The Bertz CT molecular complexity index is 359. The van der Waals surface area contributed by atoms with Gasteiger partial charge in [0.25, 0.3) is 0 Å². The van der Waals surface area contributed by atoms with E-state index in [0.717, 1.165) is 37.4 Å². The first-order chi connectivity index (χ1) is 7.81. The fourth-order valence-electron chi connectivity index (χ4n) is 2.05. The SMILES string of the molecule is CCOc1cc(N)nnc1C1CCNCC1.Cl.Cl. The Morgan fingerprint density at radius 2 is 2.00 bits per heavy atom. The lowest BCUT2D eigenvalue weighted by atomic mass is 9.94. The van der Waals surface area contributed by atoms with Gasteiger partial charge in [-0.15, -0.1) is 35.0 Å². The Labute approximate surface area is 120 Å². The molecular formula is C11H20Cl2N4O. The maximum Gasteiger partial charge on any atom is 0.149 e. The first kappa shape index (κ1) is 17.2. The van der Waals surface area contributed by atoms with Gasteiger partial charge in [-0.3, -0.25) is 0 Å². The van der Waals surface area contributed by atoms with Crippen molar-refractivity contribution in [3.8, 4) is 5.75 Å². The third kappa shape index (κ3) is 4.15. The molecule has 0 aromatic carbocycles. The second kappa shape index (κ2) is 8.34. The summed E-state index contributed by atoms with van der Waals surface area (Å²) in [7, 11) is 0. The van der Waals surface area contributed by atoms with E-state index in [1.165, 1.54) is 0 Å². The van der Waals surface area contributed by atoms with Crippen LogP contribution in [-0.2, 0) is 0 Å². The molecule has 0 aliphatic carbocycles. The maximum atomic E-state index is 5.62. The minimum atomic E-state index is 0. The lowest BCUT2D eigenvalue weighted by Gasteiger charge is -2.23. The molecule has 0 saturated carbocycles. The molecule has 0 spiro atoms. The van der Waals surface area contributed by atoms with Crippen LogP contribution >= 0.6 is 24.8 Å². The molecule has 0 unspecified atom stereocenters. The summed E-state index contributed by atoms with van der Waals surface area (Å²) in [6.07, 6.45) is 2.16. The van der Waals surface area contributed by atoms with Gasteiger partial charge in [-0.25, -0.2) is 0 Å². The van der Waals surface area contributed by atoms with Crippen molar-refractivity contribution in [3.63, 3.8) is 0 Å². The van der Waals surface area contributed by atoms with E-state index in [1.807, 2.05) is 6.92 Å². The van der Waals surface area contributed by atoms with Gasteiger partial charge in [0.15, 0.2) is 0 Å². The van der Waals surface area contributed by atoms with E-state index in [9.17, 15) is 0 Å². The van der Waals surface area contributed by atoms with Crippen LogP contribution < -0.4 is 15.8 Å². The number of piperidine rings is 1. The van der Waals surface area contributed by atoms with Gasteiger partial charge in [-0.2, -0.15) is 0 Å². The number of hydrogen-bond acceptors (Lipinski definition) is 5. The average molecular weight is 295 g/mol. The number of aromatic nitrogens is 2. The number of anilines is 1. The molecule has 2 heterocycles. The minimum Gasteiger partial charge on any atom is -0.492 e. The van der Waals surface area contributed by atoms with Crippen LogP contribution in [-0.4, -0.2) is 29.9 Å². The molecule has 1 aromatic rings. The standard InChI is InChI=1S/C11H18N4O.2ClH/c1-2-16-9-7-10(12)14-15-11(9)8-3-5-13-6-4-8;;/h7-8,13H,2-6H2,1H3,(H2,12,14);2*1H. The van der Waals surface area contributed by atoms with Crippen molar-refractivity contribution in [3.05, 3.63) is 11.8 Å². The van der Waals surface area contributed by atoms with E-state index in [-0.39, 0.29) is 24.8 Å². The van der Waals surface area contributed by atoms with E-state index >= 15 is 0 Å². The third-order valence-electron chi connectivity index (χ3n) is 2.83. The fraction of sp³-hybridized carbons (Fsp3) is 0.636. The number of ether oxygens (including phenoxy) is 1. The molecule has 5 nitrogen and oxygen atoms in total. The Morgan fingerprint density at radius 1 is 1.33 bits per heavy atom. The van der Waals surface area contributed by atoms with Crippen molar-refractivity contribution in [2.45, 2.75) is 25.7 Å². The smallest absolute Gasteiger partial charge is 0.149 e. The summed E-state index contributed by atoms with van der Waals surface area (Å²) in [5, 5.41) is 11.5. The molecular weight excluding hydrogens is 275 g/mol. The van der Waals surface area contributed by atoms with Crippen molar-refractivity contribution in [1.82, 2.24) is 15.5 Å².